The second-order valence-electron chi connectivity index (χ2n) is 8.30. The smallest absolute Gasteiger partial charge is 0.172 e. The van der Waals surface area contributed by atoms with Gasteiger partial charge in [0.1, 0.15) is 17.2 Å². The fourth-order valence-corrected chi connectivity index (χ4v) is 3.76. The van der Waals surface area contributed by atoms with Crippen LogP contribution in [-0.4, -0.2) is 15.3 Å². The molecule has 0 amide bonds. The van der Waals surface area contributed by atoms with Gasteiger partial charge in [-0.3, -0.25) is 0 Å². The predicted molar refractivity (Wildman–Crippen MR) is 132 cm³/mol. The SMILES string of the molecule is Cc1ccc(N(c2cccc(Oc3c(C)ccc(C)c3O)c2)c2ccc(C)cc2O)c(O)c1. The van der Waals surface area contributed by atoms with E-state index in [0.717, 1.165) is 22.3 Å². The second-order valence-corrected chi connectivity index (χ2v) is 8.30. The van der Waals surface area contributed by atoms with Gasteiger partial charge in [-0.2, -0.15) is 0 Å². The highest BCUT2D eigenvalue weighted by Crippen LogP contribution is 2.45. The molecule has 0 aliphatic rings. The Hall–Kier alpha value is -4.12. The van der Waals surface area contributed by atoms with Crippen molar-refractivity contribution < 1.29 is 20.1 Å². The first-order valence-corrected chi connectivity index (χ1v) is 10.7. The monoisotopic (exact) mass is 441 g/mol. The van der Waals surface area contributed by atoms with Gasteiger partial charge >= 0.3 is 0 Å². The molecule has 0 saturated heterocycles. The Morgan fingerprint density at radius 1 is 0.636 bits per heavy atom. The van der Waals surface area contributed by atoms with Crippen molar-refractivity contribution in [2.75, 3.05) is 4.90 Å². The molecule has 0 aliphatic heterocycles. The Bertz CT molecular complexity index is 1280. The molecule has 0 unspecified atom stereocenters. The minimum absolute atomic E-state index is 0.0912. The summed E-state index contributed by atoms with van der Waals surface area (Å²) >= 11 is 0. The fourth-order valence-electron chi connectivity index (χ4n) is 3.76. The maximum atomic E-state index is 10.8. The van der Waals surface area contributed by atoms with Crippen LogP contribution in [-0.2, 0) is 0 Å². The molecule has 0 spiro atoms. The summed E-state index contributed by atoms with van der Waals surface area (Å²) < 4.78 is 6.08. The molecule has 33 heavy (non-hydrogen) atoms. The summed E-state index contributed by atoms with van der Waals surface area (Å²) in [5, 5.41) is 32.0. The number of phenolic OH excluding ortho intramolecular Hbond substituents is 3. The van der Waals surface area contributed by atoms with Crippen LogP contribution in [0.1, 0.15) is 22.3 Å². The molecule has 4 aromatic rings. The average Bonchev–Trinajstić information content (AvgIpc) is 2.77. The minimum atomic E-state index is 0.0912. The van der Waals surface area contributed by atoms with Gasteiger partial charge in [0, 0.05) is 6.07 Å². The Balaban J connectivity index is 1.84. The molecule has 0 bridgehead atoms. The zero-order valence-corrected chi connectivity index (χ0v) is 19.1. The fraction of sp³-hybridized carbons (Fsp3) is 0.143. The Labute approximate surface area is 193 Å². The van der Waals surface area contributed by atoms with E-state index >= 15 is 0 Å². The highest BCUT2D eigenvalue weighted by Gasteiger charge is 2.20. The van der Waals surface area contributed by atoms with Crippen molar-refractivity contribution in [1.29, 1.82) is 0 Å². The molecule has 0 aromatic heterocycles. The van der Waals surface area contributed by atoms with E-state index in [2.05, 4.69) is 0 Å². The van der Waals surface area contributed by atoms with E-state index in [4.69, 9.17) is 4.74 Å². The lowest BCUT2D eigenvalue weighted by Crippen LogP contribution is -2.10. The van der Waals surface area contributed by atoms with Crippen molar-refractivity contribution in [3.05, 3.63) is 95.1 Å². The van der Waals surface area contributed by atoms with Crippen LogP contribution in [0.25, 0.3) is 0 Å². The Morgan fingerprint density at radius 3 is 1.79 bits per heavy atom. The maximum Gasteiger partial charge on any atom is 0.172 e. The summed E-state index contributed by atoms with van der Waals surface area (Å²) in [5.41, 5.74) is 5.10. The molecule has 168 valence electrons. The third kappa shape index (κ3) is 4.44. The number of aromatic hydroxyl groups is 3. The maximum absolute atomic E-state index is 10.8. The Morgan fingerprint density at radius 2 is 1.21 bits per heavy atom. The molecule has 0 heterocycles. The van der Waals surface area contributed by atoms with Crippen LogP contribution in [0.5, 0.6) is 28.7 Å². The van der Waals surface area contributed by atoms with Gasteiger partial charge in [-0.25, -0.2) is 0 Å². The Kier molecular flexibility index (Phi) is 5.88. The van der Waals surface area contributed by atoms with Crippen molar-refractivity contribution in [3.63, 3.8) is 0 Å². The van der Waals surface area contributed by atoms with Gasteiger partial charge in [-0.15, -0.1) is 0 Å². The zero-order valence-electron chi connectivity index (χ0n) is 19.1. The van der Waals surface area contributed by atoms with Crippen LogP contribution in [0.4, 0.5) is 17.1 Å². The van der Waals surface area contributed by atoms with E-state index in [9.17, 15) is 15.3 Å². The number of anilines is 3. The third-order valence-corrected chi connectivity index (χ3v) is 5.57. The van der Waals surface area contributed by atoms with Crippen molar-refractivity contribution in [1.82, 2.24) is 0 Å². The summed E-state index contributed by atoms with van der Waals surface area (Å²) in [6.45, 7) is 7.50. The van der Waals surface area contributed by atoms with Crippen LogP contribution in [0.3, 0.4) is 0 Å². The van der Waals surface area contributed by atoms with E-state index in [-0.39, 0.29) is 17.2 Å². The van der Waals surface area contributed by atoms with Gasteiger partial charge < -0.3 is 25.0 Å². The molecular formula is C28H27NO4. The van der Waals surface area contributed by atoms with Gasteiger partial charge in [0.15, 0.2) is 11.5 Å². The number of hydrogen-bond donors (Lipinski definition) is 3. The minimum Gasteiger partial charge on any atom is -0.506 e. The van der Waals surface area contributed by atoms with Crippen LogP contribution in [0, 0.1) is 27.7 Å². The predicted octanol–water partition coefficient (Wildman–Crippen LogP) is 7.30. The summed E-state index contributed by atoms with van der Waals surface area (Å²) in [4.78, 5) is 1.78. The van der Waals surface area contributed by atoms with Gasteiger partial charge in [0.25, 0.3) is 0 Å². The molecule has 0 fully saturated rings. The number of nitrogens with zero attached hydrogens (tertiary/aromatic N) is 1. The van der Waals surface area contributed by atoms with Crippen LogP contribution in [0.2, 0.25) is 0 Å². The van der Waals surface area contributed by atoms with Crippen molar-refractivity contribution >= 4 is 17.1 Å². The van der Waals surface area contributed by atoms with E-state index in [1.54, 1.807) is 29.2 Å². The summed E-state index contributed by atoms with van der Waals surface area (Å²) in [6, 6.07) is 21.8. The lowest BCUT2D eigenvalue weighted by atomic mass is 10.1. The molecule has 5 heteroatoms. The number of benzene rings is 4. The van der Waals surface area contributed by atoms with E-state index < -0.39 is 0 Å². The van der Waals surface area contributed by atoms with Gasteiger partial charge in [0.05, 0.1) is 17.1 Å². The topological polar surface area (TPSA) is 73.2 Å². The van der Waals surface area contributed by atoms with Gasteiger partial charge in [0.2, 0.25) is 0 Å². The van der Waals surface area contributed by atoms with Gasteiger partial charge in [-0.05, 0) is 86.3 Å². The third-order valence-electron chi connectivity index (χ3n) is 5.57. The van der Waals surface area contributed by atoms with E-state index in [1.165, 1.54) is 0 Å². The molecule has 5 nitrogen and oxygen atoms in total. The number of ether oxygens (including phenoxy) is 1. The number of rotatable bonds is 5. The van der Waals surface area contributed by atoms with E-state index in [0.29, 0.717) is 28.6 Å². The zero-order chi connectivity index (χ0) is 23.7. The highest BCUT2D eigenvalue weighted by molar-refractivity contribution is 5.83. The van der Waals surface area contributed by atoms with Crippen molar-refractivity contribution in [3.8, 4) is 28.7 Å². The molecule has 0 atom stereocenters. The summed E-state index contributed by atoms with van der Waals surface area (Å²) in [6.07, 6.45) is 0. The average molecular weight is 442 g/mol. The van der Waals surface area contributed by atoms with E-state index in [1.807, 2.05) is 76.2 Å². The molecule has 0 radical (unpaired) electrons. The van der Waals surface area contributed by atoms with Crippen molar-refractivity contribution in [2.45, 2.75) is 27.7 Å². The van der Waals surface area contributed by atoms with Crippen molar-refractivity contribution in [2.24, 2.45) is 0 Å². The van der Waals surface area contributed by atoms with Gasteiger partial charge in [-0.1, -0.05) is 30.3 Å². The number of hydrogen-bond acceptors (Lipinski definition) is 5. The van der Waals surface area contributed by atoms with Crippen LogP contribution >= 0.6 is 0 Å². The largest absolute Gasteiger partial charge is 0.506 e. The van der Waals surface area contributed by atoms with Crippen LogP contribution < -0.4 is 9.64 Å². The quantitative estimate of drug-likeness (QED) is 0.303. The lowest BCUT2D eigenvalue weighted by Gasteiger charge is -2.27. The molecule has 0 aliphatic carbocycles. The standard InChI is InChI=1S/C28H27NO4/c1-17-8-12-23(25(30)14-17)29(24-13-9-18(2)15-26(24)31)21-6-5-7-22(16-21)33-28-20(4)11-10-19(3)27(28)32/h5-16,30-32H,1-4H3. The first-order valence-electron chi connectivity index (χ1n) is 10.7. The second kappa shape index (κ2) is 8.79. The molecule has 0 saturated carbocycles. The molecule has 4 rings (SSSR count). The molecule has 3 N–H and O–H groups in total. The highest BCUT2D eigenvalue weighted by atomic mass is 16.5. The van der Waals surface area contributed by atoms with Crippen LogP contribution in [0.15, 0.2) is 72.8 Å². The normalized spacial score (nSPS) is 10.8. The lowest BCUT2D eigenvalue weighted by molar-refractivity contribution is 0.406. The molecular weight excluding hydrogens is 414 g/mol. The number of phenols is 3. The first-order chi connectivity index (χ1) is 15.7. The number of aryl methyl sites for hydroxylation is 4. The molecule has 4 aromatic carbocycles. The summed E-state index contributed by atoms with van der Waals surface area (Å²) in [5.74, 6) is 1.20. The first kappa shape index (κ1) is 22.1. The summed E-state index contributed by atoms with van der Waals surface area (Å²) in [7, 11) is 0.